The number of aliphatic hydroxyl groups is 1. The van der Waals surface area contributed by atoms with Crippen LogP contribution in [0.2, 0.25) is 0 Å². The van der Waals surface area contributed by atoms with E-state index in [9.17, 15) is 18.7 Å². The lowest BCUT2D eigenvalue weighted by atomic mass is 10.1. The van der Waals surface area contributed by atoms with Crippen molar-refractivity contribution in [3.63, 3.8) is 0 Å². The monoisotopic (exact) mass is 320 g/mol. The maximum Gasteiger partial charge on any atom is 0.240 e. The number of carbonyl (C=O) groups excluding carboxylic acids is 1. The van der Waals surface area contributed by atoms with Crippen LogP contribution in [-0.4, -0.2) is 41.1 Å². The zero-order chi connectivity index (χ0) is 14.7. The summed E-state index contributed by atoms with van der Waals surface area (Å²) in [5, 5.41) is 12.3. The van der Waals surface area contributed by atoms with Gasteiger partial charge in [0.1, 0.15) is 11.6 Å². The third-order valence-corrected chi connectivity index (χ3v) is 3.51. The van der Waals surface area contributed by atoms with E-state index in [1.54, 1.807) is 6.92 Å². The molecule has 0 spiro atoms. The van der Waals surface area contributed by atoms with E-state index in [4.69, 9.17) is 0 Å². The maximum atomic E-state index is 13.6. The number of amides is 1. The molecule has 1 aromatic carbocycles. The molecule has 1 amide bonds. The van der Waals surface area contributed by atoms with E-state index in [-0.39, 0.29) is 30.4 Å². The number of hydrogen-bond donors (Lipinski definition) is 2. The van der Waals surface area contributed by atoms with Crippen LogP contribution in [0.3, 0.4) is 0 Å². The summed E-state index contributed by atoms with van der Waals surface area (Å²) >= 11 is 0. The van der Waals surface area contributed by atoms with E-state index in [2.05, 4.69) is 5.32 Å². The summed E-state index contributed by atoms with van der Waals surface area (Å²) in [4.78, 5) is 13.6. The summed E-state index contributed by atoms with van der Waals surface area (Å²) in [6, 6.07) is 3.16. The van der Waals surface area contributed by atoms with Crippen LogP contribution in [0.4, 0.5) is 8.78 Å². The van der Waals surface area contributed by atoms with Crippen LogP contribution in [0.15, 0.2) is 18.2 Å². The molecule has 21 heavy (non-hydrogen) atoms. The average molecular weight is 321 g/mol. The van der Waals surface area contributed by atoms with Crippen molar-refractivity contribution in [2.45, 2.75) is 32.0 Å². The number of rotatable bonds is 4. The van der Waals surface area contributed by atoms with Gasteiger partial charge in [0.2, 0.25) is 5.91 Å². The molecule has 0 bridgehead atoms. The second-order valence-corrected chi connectivity index (χ2v) is 4.90. The fraction of sp³-hybridized carbons (Fsp3) is 0.500. The molecular weight excluding hydrogens is 302 g/mol. The predicted molar refractivity (Wildman–Crippen MR) is 77.1 cm³/mol. The van der Waals surface area contributed by atoms with Gasteiger partial charge in [-0.25, -0.2) is 8.78 Å². The van der Waals surface area contributed by atoms with Crippen LogP contribution < -0.4 is 5.32 Å². The topological polar surface area (TPSA) is 52.6 Å². The lowest BCUT2D eigenvalue weighted by Crippen LogP contribution is -2.43. The Morgan fingerprint density at radius 2 is 2.05 bits per heavy atom. The normalized spacial score (nSPS) is 21.0. The summed E-state index contributed by atoms with van der Waals surface area (Å²) in [6.45, 7) is 2.35. The van der Waals surface area contributed by atoms with Gasteiger partial charge >= 0.3 is 0 Å². The molecule has 2 N–H and O–H groups in total. The third kappa shape index (κ3) is 4.12. The molecule has 1 heterocycles. The fourth-order valence-electron chi connectivity index (χ4n) is 2.35. The first-order chi connectivity index (χ1) is 9.52. The molecule has 4 nitrogen and oxygen atoms in total. The highest BCUT2D eigenvalue weighted by Crippen LogP contribution is 2.17. The van der Waals surface area contributed by atoms with Gasteiger partial charge in [0.15, 0.2) is 0 Å². The number of likely N-dealkylation sites (N-methyl/N-ethyl adjacent to an activating group) is 1. The number of nitrogens with one attached hydrogen (secondary N) is 1. The van der Waals surface area contributed by atoms with Crippen molar-refractivity contribution >= 4 is 18.3 Å². The SMILES string of the molecule is CCN(Cc1c(F)cccc1F)C(=O)C1CC(O)CN1.Cl. The molecule has 2 atom stereocenters. The van der Waals surface area contributed by atoms with Crippen LogP contribution in [0.5, 0.6) is 0 Å². The van der Waals surface area contributed by atoms with Gasteiger partial charge in [-0.3, -0.25) is 4.79 Å². The summed E-state index contributed by atoms with van der Waals surface area (Å²) < 4.78 is 27.2. The van der Waals surface area contributed by atoms with Crippen molar-refractivity contribution in [1.82, 2.24) is 10.2 Å². The minimum Gasteiger partial charge on any atom is -0.392 e. The van der Waals surface area contributed by atoms with Crippen LogP contribution in [0.25, 0.3) is 0 Å². The van der Waals surface area contributed by atoms with Crippen LogP contribution in [0, 0.1) is 11.6 Å². The number of aliphatic hydroxyl groups excluding tert-OH is 1. The van der Waals surface area contributed by atoms with E-state index in [0.717, 1.165) is 0 Å². The molecule has 0 saturated carbocycles. The van der Waals surface area contributed by atoms with Gasteiger partial charge in [-0.15, -0.1) is 12.4 Å². The van der Waals surface area contributed by atoms with Crippen molar-refractivity contribution in [2.24, 2.45) is 0 Å². The molecule has 2 rings (SSSR count). The third-order valence-electron chi connectivity index (χ3n) is 3.51. The molecule has 1 aromatic rings. The van der Waals surface area contributed by atoms with Crippen LogP contribution in [-0.2, 0) is 11.3 Å². The van der Waals surface area contributed by atoms with Gasteiger partial charge in [-0.05, 0) is 25.5 Å². The largest absolute Gasteiger partial charge is 0.392 e. The summed E-state index contributed by atoms with van der Waals surface area (Å²) in [5.74, 6) is -1.56. The Hall–Kier alpha value is -1.24. The number of β-amino-alcohol motifs (C(OH)–C–C–N with tert-alkyl or cyclic N) is 1. The standard InChI is InChI=1S/C14H18F2N2O2.ClH/c1-2-18(14(20)13-6-9(19)7-17-13)8-10-11(15)4-3-5-12(10)16;/h3-5,9,13,17,19H,2,6-8H2,1H3;1H. The average Bonchev–Trinajstić information content (AvgIpc) is 2.84. The highest BCUT2D eigenvalue weighted by molar-refractivity contribution is 5.85. The van der Waals surface area contributed by atoms with Gasteiger partial charge < -0.3 is 15.3 Å². The highest BCUT2D eigenvalue weighted by atomic mass is 35.5. The first kappa shape index (κ1) is 17.8. The van der Waals surface area contributed by atoms with Crippen molar-refractivity contribution in [3.05, 3.63) is 35.4 Å². The quantitative estimate of drug-likeness (QED) is 0.883. The van der Waals surface area contributed by atoms with E-state index in [1.165, 1.54) is 23.1 Å². The molecule has 0 aromatic heterocycles. The Kier molecular flexibility index (Phi) is 6.51. The van der Waals surface area contributed by atoms with Crippen LogP contribution in [0.1, 0.15) is 18.9 Å². The van der Waals surface area contributed by atoms with Crippen molar-refractivity contribution in [2.75, 3.05) is 13.1 Å². The van der Waals surface area contributed by atoms with E-state index >= 15 is 0 Å². The van der Waals surface area contributed by atoms with Gasteiger partial charge in [-0.2, -0.15) is 0 Å². The first-order valence-electron chi connectivity index (χ1n) is 6.66. The molecule has 7 heteroatoms. The fourth-order valence-corrected chi connectivity index (χ4v) is 2.35. The zero-order valence-electron chi connectivity index (χ0n) is 11.7. The minimum absolute atomic E-state index is 0. The second kappa shape index (κ2) is 7.68. The number of benzene rings is 1. The zero-order valence-corrected chi connectivity index (χ0v) is 12.5. The maximum absolute atomic E-state index is 13.6. The molecule has 2 unspecified atom stereocenters. The Balaban J connectivity index is 0.00000220. The van der Waals surface area contributed by atoms with Crippen molar-refractivity contribution in [1.29, 1.82) is 0 Å². The van der Waals surface area contributed by atoms with Crippen molar-refractivity contribution < 1.29 is 18.7 Å². The number of hydrogen-bond acceptors (Lipinski definition) is 3. The van der Waals surface area contributed by atoms with Crippen molar-refractivity contribution in [3.8, 4) is 0 Å². The van der Waals surface area contributed by atoms with Gasteiger partial charge in [0.25, 0.3) is 0 Å². The molecule has 118 valence electrons. The highest BCUT2D eigenvalue weighted by Gasteiger charge is 2.31. The smallest absolute Gasteiger partial charge is 0.240 e. The summed E-state index contributed by atoms with van der Waals surface area (Å²) in [7, 11) is 0. The second-order valence-electron chi connectivity index (χ2n) is 4.90. The Morgan fingerprint density at radius 3 is 2.52 bits per heavy atom. The summed E-state index contributed by atoms with van der Waals surface area (Å²) in [6.07, 6.45) is -0.220. The lowest BCUT2D eigenvalue weighted by molar-refractivity contribution is -0.133. The van der Waals surface area contributed by atoms with E-state index < -0.39 is 23.8 Å². The molecule has 1 saturated heterocycles. The number of halogens is 3. The minimum atomic E-state index is -0.657. The summed E-state index contributed by atoms with van der Waals surface area (Å²) in [5.41, 5.74) is -0.110. The van der Waals surface area contributed by atoms with E-state index in [1.807, 2.05) is 0 Å². The Morgan fingerprint density at radius 1 is 1.43 bits per heavy atom. The Bertz CT molecular complexity index is 482. The van der Waals surface area contributed by atoms with Gasteiger partial charge in [0, 0.05) is 18.7 Å². The van der Waals surface area contributed by atoms with Gasteiger partial charge in [0.05, 0.1) is 18.7 Å². The Labute approximate surface area is 128 Å². The molecular formula is C14H19ClF2N2O2. The molecule has 1 aliphatic heterocycles. The molecule has 1 fully saturated rings. The van der Waals surface area contributed by atoms with Crippen LogP contribution >= 0.6 is 12.4 Å². The lowest BCUT2D eigenvalue weighted by Gasteiger charge is -2.24. The predicted octanol–water partition coefficient (Wildman–Crippen LogP) is 1.46. The molecule has 1 aliphatic rings. The number of nitrogens with zero attached hydrogens (tertiary/aromatic N) is 1. The van der Waals surface area contributed by atoms with E-state index in [0.29, 0.717) is 19.5 Å². The first-order valence-corrected chi connectivity index (χ1v) is 6.66. The van der Waals surface area contributed by atoms with Gasteiger partial charge in [-0.1, -0.05) is 6.07 Å². The molecule has 0 radical (unpaired) electrons. The number of carbonyl (C=O) groups is 1. The molecule has 0 aliphatic carbocycles.